The lowest BCUT2D eigenvalue weighted by molar-refractivity contribution is -0.141. The summed E-state index contributed by atoms with van der Waals surface area (Å²) in [5.41, 5.74) is -1.42. The standard InChI is InChI=1S/C16H19F3N6O3/c1-4-10(14-21-15(23-28-14)25-5-6-27-9(2)8-25)20-13(26)11-7-12(16(17,18)19)22-24(11)3/h4,7,9-10H,1,5-6,8H2,2-3H3,(H,20,26)/t9-,10-/m0/s1. The highest BCUT2D eigenvalue weighted by molar-refractivity contribution is 5.93. The zero-order valence-corrected chi connectivity index (χ0v) is 15.2. The summed E-state index contributed by atoms with van der Waals surface area (Å²) in [6.07, 6.45) is -3.29. The predicted molar refractivity (Wildman–Crippen MR) is 90.5 cm³/mol. The average Bonchev–Trinajstić information content (AvgIpc) is 3.26. The van der Waals surface area contributed by atoms with Crippen molar-refractivity contribution >= 4 is 11.9 Å². The van der Waals surface area contributed by atoms with Crippen molar-refractivity contribution in [2.45, 2.75) is 25.2 Å². The van der Waals surface area contributed by atoms with Crippen LogP contribution in [-0.4, -0.2) is 51.6 Å². The van der Waals surface area contributed by atoms with Crippen molar-refractivity contribution in [3.05, 3.63) is 36.0 Å². The van der Waals surface area contributed by atoms with E-state index in [1.165, 1.54) is 13.1 Å². The monoisotopic (exact) mass is 400 g/mol. The summed E-state index contributed by atoms with van der Waals surface area (Å²) in [5.74, 6) is -0.378. The molecular weight excluding hydrogens is 381 g/mol. The smallest absolute Gasteiger partial charge is 0.375 e. The molecule has 0 spiro atoms. The van der Waals surface area contributed by atoms with E-state index in [2.05, 4.69) is 27.1 Å². The van der Waals surface area contributed by atoms with Crippen molar-refractivity contribution in [3.8, 4) is 0 Å². The van der Waals surface area contributed by atoms with Gasteiger partial charge >= 0.3 is 6.18 Å². The van der Waals surface area contributed by atoms with Gasteiger partial charge in [-0.3, -0.25) is 9.48 Å². The molecule has 1 amide bonds. The number of ether oxygens (including phenoxy) is 1. The summed E-state index contributed by atoms with van der Waals surface area (Å²) in [5, 5.41) is 9.72. The van der Waals surface area contributed by atoms with Gasteiger partial charge in [-0.2, -0.15) is 23.3 Å². The Kier molecular flexibility index (Phi) is 5.40. The van der Waals surface area contributed by atoms with Crippen molar-refractivity contribution in [3.63, 3.8) is 0 Å². The number of alkyl halides is 3. The Morgan fingerprint density at radius 2 is 2.25 bits per heavy atom. The first-order valence-corrected chi connectivity index (χ1v) is 8.44. The lowest BCUT2D eigenvalue weighted by Gasteiger charge is -2.29. The van der Waals surface area contributed by atoms with E-state index in [9.17, 15) is 18.0 Å². The van der Waals surface area contributed by atoms with Crippen LogP contribution < -0.4 is 10.2 Å². The molecule has 2 aromatic heterocycles. The maximum absolute atomic E-state index is 12.8. The molecule has 1 saturated heterocycles. The SMILES string of the molecule is C=C[C@H](NC(=O)c1cc(C(F)(F)F)nn1C)c1nc(N2CCO[C@@H](C)C2)no1. The number of aromatic nitrogens is 4. The molecule has 2 aromatic rings. The molecule has 12 heteroatoms. The van der Waals surface area contributed by atoms with Crippen LogP contribution in [0.5, 0.6) is 0 Å². The highest BCUT2D eigenvalue weighted by atomic mass is 19.4. The van der Waals surface area contributed by atoms with Gasteiger partial charge in [0.05, 0.1) is 12.7 Å². The van der Waals surface area contributed by atoms with E-state index < -0.39 is 23.8 Å². The number of nitrogens with one attached hydrogen (secondary N) is 1. The topological polar surface area (TPSA) is 98.3 Å². The summed E-state index contributed by atoms with van der Waals surface area (Å²) in [7, 11) is 1.25. The second-order valence-corrected chi connectivity index (χ2v) is 6.28. The molecule has 0 aliphatic carbocycles. The number of nitrogens with zero attached hydrogens (tertiary/aromatic N) is 5. The third-order valence-corrected chi connectivity index (χ3v) is 4.15. The van der Waals surface area contributed by atoms with Gasteiger partial charge in [-0.15, -0.1) is 6.58 Å². The van der Waals surface area contributed by atoms with E-state index in [1.807, 2.05) is 11.8 Å². The molecule has 0 saturated carbocycles. The fourth-order valence-electron chi connectivity index (χ4n) is 2.74. The van der Waals surface area contributed by atoms with E-state index in [1.54, 1.807) is 0 Å². The molecule has 28 heavy (non-hydrogen) atoms. The Labute approximate surface area is 158 Å². The Morgan fingerprint density at radius 1 is 1.50 bits per heavy atom. The largest absolute Gasteiger partial charge is 0.435 e. The summed E-state index contributed by atoms with van der Waals surface area (Å²) < 4.78 is 49.8. The summed E-state index contributed by atoms with van der Waals surface area (Å²) in [4.78, 5) is 18.5. The van der Waals surface area contributed by atoms with Gasteiger partial charge in [-0.05, 0) is 12.1 Å². The fraction of sp³-hybridized carbons (Fsp3) is 0.500. The third-order valence-electron chi connectivity index (χ3n) is 4.15. The minimum atomic E-state index is -4.65. The molecule has 1 fully saturated rings. The van der Waals surface area contributed by atoms with Crippen LogP contribution >= 0.6 is 0 Å². The fourth-order valence-corrected chi connectivity index (χ4v) is 2.74. The number of aryl methyl sites for hydroxylation is 1. The van der Waals surface area contributed by atoms with Crippen LogP contribution in [-0.2, 0) is 18.0 Å². The molecule has 1 aliphatic rings. The van der Waals surface area contributed by atoms with Gasteiger partial charge in [-0.1, -0.05) is 6.08 Å². The van der Waals surface area contributed by atoms with Gasteiger partial charge < -0.3 is 19.5 Å². The molecule has 0 aromatic carbocycles. The first-order chi connectivity index (χ1) is 13.2. The van der Waals surface area contributed by atoms with E-state index >= 15 is 0 Å². The lowest BCUT2D eigenvalue weighted by Crippen LogP contribution is -2.41. The molecule has 2 atom stereocenters. The van der Waals surface area contributed by atoms with E-state index in [-0.39, 0.29) is 17.7 Å². The molecule has 0 bridgehead atoms. The van der Waals surface area contributed by atoms with Gasteiger partial charge in [0.25, 0.3) is 17.7 Å². The molecule has 9 nitrogen and oxygen atoms in total. The summed E-state index contributed by atoms with van der Waals surface area (Å²) in [6.45, 7) is 7.22. The lowest BCUT2D eigenvalue weighted by atomic mass is 10.2. The Hall–Kier alpha value is -2.89. The first-order valence-electron chi connectivity index (χ1n) is 8.44. The minimum absolute atomic E-state index is 0.0123. The van der Waals surface area contributed by atoms with Crippen LogP contribution in [0.25, 0.3) is 0 Å². The molecule has 0 radical (unpaired) electrons. The average molecular weight is 400 g/mol. The van der Waals surface area contributed by atoms with Gasteiger partial charge in [-0.25, -0.2) is 0 Å². The Morgan fingerprint density at radius 3 is 2.86 bits per heavy atom. The zero-order chi connectivity index (χ0) is 20.5. The molecule has 152 valence electrons. The number of amides is 1. The maximum atomic E-state index is 12.8. The van der Waals surface area contributed by atoms with Crippen LogP contribution in [0.15, 0.2) is 23.2 Å². The zero-order valence-electron chi connectivity index (χ0n) is 15.2. The first kappa shape index (κ1) is 19.9. The van der Waals surface area contributed by atoms with Crippen LogP contribution in [0.1, 0.15) is 35.0 Å². The van der Waals surface area contributed by atoms with Gasteiger partial charge in [0, 0.05) is 26.2 Å². The van der Waals surface area contributed by atoms with Crippen molar-refractivity contribution in [2.75, 3.05) is 24.6 Å². The van der Waals surface area contributed by atoms with Crippen LogP contribution in [0, 0.1) is 0 Å². The summed E-state index contributed by atoms with van der Waals surface area (Å²) >= 11 is 0. The number of rotatable bonds is 5. The number of halogens is 3. The predicted octanol–water partition coefficient (Wildman–Crippen LogP) is 1.70. The number of carbonyl (C=O) groups excluding carboxylic acids is 1. The summed E-state index contributed by atoms with van der Waals surface area (Å²) in [6, 6.07) is -0.208. The molecular formula is C16H19F3N6O3. The highest BCUT2D eigenvalue weighted by Gasteiger charge is 2.35. The van der Waals surface area contributed by atoms with E-state index in [0.29, 0.717) is 31.7 Å². The van der Waals surface area contributed by atoms with Crippen LogP contribution in [0.3, 0.4) is 0 Å². The van der Waals surface area contributed by atoms with Crippen molar-refractivity contribution < 1.29 is 27.2 Å². The van der Waals surface area contributed by atoms with Crippen LogP contribution in [0.2, 0.25) is 0 Å². The van der Waals surface area contributed by atoms with E-state index in [4.69, 9.17) is 9.26 Å². The van der Waals surface area contributed by atoms with Gasteiger partial charge in [0.1, 0.15) is 11.7 Å². The second-order valence-electron chi connectivity index (χ2n) is 6.28. The number of anilines is 1. The Bertz CT molecular complexity index is 862. The molecule has 3 heterocycles. The molecule has 1 aliphatic heterocycles. The van der Waals surface area contributed by atoms with Gasteiger partial charge in [0.2, 0.25) is 0 Å². The molecule has 3 rings (SSSR count). The highest BCUT2D eigenvalue weighted by Crippen LogP contribution is 2.28. The van der Waals surface area contributed by atoms with E-state index in [0.717, 1.165) is 4.68 Å². The van der Waals surface area contributed by atoms with Crippen molar-refractivity contribution in [2.24, 2.45) is 7.05 Å². The number of hydrogen-bond donors (Lipinski definition) is 1. The van der Waals surface area contributed by atoms with Crippen LogP contribution in [0.4, 0.5) is 19.1 Å². The normalized spacial score (nSPS) is 18.8. The second kappa shape index (κ2) is 7.62. The quantitative estimate of drug-likeness (QED) is 0.763. The number of carbonyl (C=O) groups is 1. The Balaban J connectivity index is 1.73. The molecule has 1 N–H and O–H groups in total. The van der Waals surface area contributed by atoms with Crippen molar-refractivity contribution in [1.82, 2.24) is 25.2 Å². The van der Waals surface area contributed by atoms with Gasteiger partial charge in [0.15, 0.2) is 5.69 Å². The maximum Gasteiger partial charge on any atom is 0.435 e. The molecule has 0 unspecified atom stereocenters. The van der Waals surface area contributed by atoms with Crippen molar-refractivity contribution in [1.29, 1.82) is 0 Å². The number of morpholine rings is 1. The minimum Gasteiger partial charge on any atom is -0.375 e. The number of hydrogen-bond acceptors (Lipinski definition) is 7. The third kappa shape index (κ3) is 4.16.